The second kappa shape index (κ2) is 6.84. The van der Waals surface area contributed by atoms with Crippen molar-refractivity contribution in [2.75, 3.05) is 0 Å². The van der Waals surface area contributed by atoms with Crippen LogP contribution in [-0.4, -0.2) is 19.6 Å². The van der Waals surface area contributed by atoms with Crippen molar-refractivity contribution in [3.63, 3.8) is 0 Å². The molecule has 1 aromatic carbocycles. The number of nitrogens with zero attached hydrogens (tertiary/aromatic N) is 1. The molecule has 1 heterocycles. The minimum atomic E-state index is -3.58. The van der Waals surface area contributed by atoms with Gasteiger partial charge in [0.25, 0.3) is 0 Å². The summed E-state index contributed by atoms with van der Waals surface area (Å²) in [5, 5.41) is 3.86. The van der Waals surface area contributed by atoms with Gasteiger partial charge in [-0.2, -0.15) is 0 Å². The Kier molecular flexibility index (Phi) is 5.26. The van der Waals surface area contributed by atoms with Gasteiger partial charge in [-0.25, -0.2) is 13.1 Å². The van der Waals surface area contributed by atoms with E-state index in [1.807, 2.05) is 46.8 Å². The van der Waals surface area contributed by atoms with Crippen LogP contribution in [0.5, 0.6) is 0 Å². The number of benzene rings is 1. The lowest BCUT2D eigenvalue weighted by molar-refractivity contribution is 0.427. The monoisotopic (exact) mass is 336 g/mol. The molecule has 2 rings (SSSR count). The number of aryl methyl sites for hydroxylation is 1. The van der Waals surface area contributed by atoms with E-state index in [1.165, 1.54) is 0 Å². The first kappa shape index (κ1) is 17.7. The summed E-state index contributed by atoms with van der Waals surface area (Å²) in [6.07, 6.45) is 0.733. The fourth-order valence-electron chi connectivity index (χ4n) is 2.31. The summed E-state index contributed by atoms with van der Waals surface area (Å²) in [6.45, 7) is 9.60. The van der Waals surface area contributed by atoms with E-state index in [1.54, 1.807) is 12.1 Å². The van der Waals surface area contributed by atoms with E-state index in [-0.39, 0.29) is 12.0 Å². The molecule has 23 heavy (non-hydrogen) atoms. The number of rotatable bonds is 6. The zero-order valence-electron chi connectivity index (χ0n) is 14.3. The molecule has 0 saturated heterocycles. The van der Waals surface area contributed by atoms with Crippen LogP contribution in [0, 0.1) is 6.92 Å². The van der Waals surface area contributed by atoms with Crippen molar-refractivity contribution >= 4 is 10.0 Å². The molecule has 1 unspecified atom stereocenters. The van der Waals surface area contributed by atoms with Crippen molar-refractivity contribution < 1.29 is 12.9 Å². The van der Waals surface area contributed by atoms with Crippen LogP contribution in [-0.2, 0) is 10.0 Å². The molecule has 0 radical (unpaired) electrons. The van der Waals surface area contributed by atoms with Crippen LogP contribution in [0.25, 0.3) is 11.3 Å². The molecule has 0 fully saturated rings. The molecule has 0 saturated carbocycles. The van der Waals surface area contributed by atoms with E-state index in [0.29, 0.717) is 16.2 Å². The van der Waals surface area contributed by atoms with Gasteiger partial charge in [0.05, 0.1) is 10.6 Å². The largest absolute Gasteiger partial charge is 0.356 e. The molecule has 2 aromatic rings. The SMILES string of the molecule is CCC(C)NS(=O)(=O)c1cc(-c2cc(C)no2)ccc1C(C)C. The Morgan fingerprint density at radius 2 is 1.91 bits per heavy atom. The first-order valence-corrected chi connectivity index (χ1v) is 9.33. The third-order valence-electron chi connectivity index (χ3n) is 3.81. The average Bonchev–Trinajstić information content (AvgIpc) is 2.92. The van der Waals surface area contributed by atoms with Crippen molar-refractivity contribution in [1.29, 1.82) is 0 Å². The van der Waals surface area contributed by atoms with Crippen molar-refractivity contribution in [2.24, 2.45) is 0 Å². The molecule has 1 N–H and O–H groups in total. The zero-order valence-corrected chi connectivity index (χ0v) is 15.1. The van der Waals surface area contributed by atoms with Gasteiger partial charge in [-0.05, 0) is 37.8 Å². The lowest BCUT2D eigenvalue weighted by atomic mass is 10.0. The lowest BCUT2D eigenvalue weighted by Crippen LogP contribution is -2.32. The second-order valence-electron chi connectivity index (χ2n) is 6.17. The topological polar surface area (TPSA) is 72.2 Å². The zero-order chi connectivity index (χ0) is 17.2. The molecule has 1 aromatic heterocycles. The van der Waals surface area contributed by atoms with Crippen LogP contribution in [0.4, 0.5) is 0 Å². The normalized spacial score (nSPS) is 13.5. The maximum atomic E-state index is 12.8. The van der Waals surface area contributed by atoms with Gasteiger partial charge in [-0.3, -0.25) is 0 Å². The van der Waals surface area contributed by atoms with Crippen LogP contribution < -0.4 is 4.72 Å². The van der Waals surface area contributed by atoms with Gasteiger partial charge >= 0.3 is 0 Å². The molecular weight excluding hydrogens is 312 g/mol. The smallest absolute Gasteiger partial charge is 0.241 e. The van der Waals surface area contributed by atoms with Crippen molar-refractivity contribution in [3.05, 3.63) is 35.5 Å². The van der Waals surface area contributed by atoms with Crippen molar-refractivity contribution in [3.8, 4) is 11.3 Å². The summed E-state index contributed by atoms with van der Waals surface area (Å²) in [5.41, 5.74) is 2.26. The Labute approximate surface area is 138 Å². The summed E-state index contributed by atoms with van der Waals surface area (Å²) in [6, 6.07) is 7.07. The van der Waals surface area contributed by atoms with Gasteiger partial charge in [0.1, 0.15) is 0 Å². The molecule has 0 amide bonds. The number of hydrogen-bond donors (Lipinski definition) is 1. The van der Waals surface area contributed by atoms with Gasteiger partial charge in [0, 0.05) is 17.7 Å². The Morgan fingerprint density at radius 3 is 2.43 bits per heavy atom. The molecule has 0 aliphatic rings. The van der Waals surface area contributed by atoms with E-state index in [0.717, 1.165) is 17.7 Å². The quantitative estimate of drug-likeness (QED) is 0.869. The van der Waals surface area contributed by atoms with Crippen LogP contribution in [0.3, 0.4) is 0 Å². The van der Waals surface area contributed by atoms with Crippen LogP contribution in [0.1, 0.15) is 51.3 Å². The highest BCUT2D eigenvalue weighted by Crippen LogP contribution is 2.30. The number of hydrogen-bond acceptors (Lipinski definition) is 4. The number of nitrogens with one attached hydrogen (secondary N) is 1. The van der Waals surface area contributed by atoms with Gasteiger partial charge in [0.15, 0.2) is 5.76 Å². The van der Waals surface area contributed by atoms with E-state index < -0.39 is 10.0 Å². The molecule has 0 spiro atoms. The third kappa shape index (κ3) is 4.00. The summed E-state index contributed by atoms with van der Waals surface area (Å²) in [4.78, 5) is 0.305. The minimum Gasteiger partial charge on any atom is -0.356 e. The Hall–Kier alpha value is -1.66. The summed E-state index contributed by atoms with van der Waals surface area (Å²) in [5.74, 6) is 0.668. The Bertz CT molecular complexity index is 779. The minimum absolute atomic E-state index is 0.101. The average molecular weight is 336 g/mol. The highest BCUT2D eigenvalue weighted by Gasteiger charge is 2.23. The van der Waals surface area contributed by atoms with Gasteiger partial charge in [-0.15, -0.1) is 0 Å². The molecule has 6 heteroatoms. The molecule has 0 aliphatic carbocycles. The summed E-state index contributed by atoms with van der Waals surface area (Å²) in [7, 11) is -3.58. The highest BCUT2D eigenvalue weighted by molar-refractivity contribution is 7.89. The number of sulfonamides is 1. The Balaban J connectivity index is 2.54. The van der Waals surface area contributed by atoms with Gasteiger partial charge < -0.3 is 4.52 Å². The van der Waals surface area contributed by atoms with Gasteiger partial charge in [-0.1, -0.05) is 38.1 Å². The Morgan fingerprint density at radius 1 is 1.22 bits per heavy atom. The maximum absolute atomic E-state index is 12.8. The molecule has 0 aliphatic heterocycles. The van der Waals surface area contributed by atoms with Crippen molar-refractivity contribution in [1.82, 2.24) is 9.88 Å². The molecule has 5 nitrogen and oxygen atoms in total. The van der Waals surface area contributed by atoms with E-state index in [4.69, 9.17) is 4.52 Å². The van der Waals surface area contributed by atoms with E-state index in [9.17, 15) is 8.42 Å². The van der Waals surface area contributed by atoms with E-state index in [2.05, 4.69) is 9.88 Å². The summed E-state index contributed by atoms with van der Waals surface area (Å²) < 4.78 is 33.5. The van der Waals surface area contributed by atoms with Crippen LogP contribution in [0.15, 0.2) is 33.7 Å². The maximum Gasteiger partial charge on any atom is 0.241 e. The third-order valence-corrected chi connectivity index (χ3v) is 5.45. The standard InChI is InChI=1S/C17H24N2O3S/c1-6-12(4)19-23(20,21)17-10-14(7-8-15(17)11(2)3)16-9-13(5)18-22-16/h7-12,19H,6H2,1-5H3. The first-order valence-electron chi connectivity index (χ1n) is 7.84. The lowest BCUT2D eigenvalue weighted by Gasteiger charge is -2.17. The van der Waals surface area contributed by atoms with Crippen LogP contribution >= 0.6 is 0 Å². The van der Waals surface area contributed by atoms with E-state index >= 15 is 0 Å². The van der Waals surface area contributed by atoms with Crippen molar-refractivity contribution in [2.45, 2.75) is 57.9 Å². The number of aromatic nitrogens is 1. The molecule has 126 valence electrons. The molecule has 0 bridgehead atoms. The summed E-state index contributed by atoms with van der Waals surface area (Å²) >= 11 is 0. The molecule has 1 atom stereocenters. The van der Waals surface area contributed by atoms with Gasteiger partial charge in [0.2, 0.25) is 10.0 Å². The molecular formula is C17H24N2O3S. The fraction of sp³-hybridized carbons (Fsp3) is 0.471. The second-order valence-corrected chi connectivity index (χ2v) is 7.85. The predicted molar refractivity (Wildman–Crippen MR) is 90.8 cm³/mol. The highest BCUT2D eigenvalue weighted by atomic mass is 32.2. The predicted octanol–water partition coefficient (Wildman–Crippen LogP) is 3.85. The first-order chi connectivity index (χ1) is 10.7. The fourth-order valence-corrected chi connectivity index (χ4v) is 4.03. The van der Waals surface area contributed by atoms with Crippen LogP contribution in [0.2, 0.25) is 0 Å².